The van der Waals surface area contributed by atoms with Crippen LogP contribution in [0.2, 0.25) is 0 Å². The van der Waals surface area contributed by atoms with Crippen molar-refractivity contribution in [3.05, 3.63) is 23.8 Å². The molecule has 0 aliphatic rings. The topological polar surface area (TPSA) is 32.7 Å². The maximum atomic E-state index is 9.49. The van der Waals surface area contributed by atoms with Gasteiger partial charge in [-0.3, -0.25) is 0 Å². The summed E-state index contributed by atoms with van der Waals surface area (Å²) in [6.07, 6.45) is 0. The largest absolute Gasteiger partial charge is 0.496 e. The molecule has 0 fully saturated rings. The molecule has 108 valence electrons. The average molecular weight is 265 g/mol. The van der Waals surface area contributed by atoms with Gasteiger partial charge in [-0.2, -0.15) is 0 Å². The smallest absolute Gasteiger partial charge is 0.122 e. The molecule has 0 saturated heterocycles. The minimum absolute atomic E-state index is 0.0194. The second-order valence-electron chi connectivity index (χ2n) is 6.66. The maximum absolute atomic E-state index is 9.49. The lowest BCUT2D eigenvalue weighted by Gasteiger charge is -2.37. The monoisotopic (exact) mass is 265 g/mol. The van der Waals surface area contributed by atoms with Crippen LogP contribution in [0.15, 0.2) is 18.2 Å². The Labute approximate surface area is 117 Å². The average Bonchev–Trinajstić information content (AvgIpc) is 2.36. The van der Waals surface area contributed by atoms with Crippen molar-refractivity contribution in [2.75, 3.05) is 25.7 Å². The molecule has 0 heterocycles. The van der Waals surface area contributed by atoms with Gasteiger partial charge in [0.1, 0.15) is 5.75 Å². The molecule has 0 saturated carbocycles. The zero-order valence-corrected chi connectivity index (χ0v) is 13.2. The highest BCUT2D eigenvalue weighted by Gasteiger charge is 2.25. The van der Waals surface area contributed by atoms with Crippen molar-refractivity contribution >= 4 is 5.69 Å². The van der Waals surface area contributed by atoms with E-state index >= 15 is 0 Å². The summed E-state index contributed by atoms with van der Waals surface area (Å²) in [4.78, 5) is 2.10. The van der Waals surface area contributed by atoms with Crippen molar-refractivity contribution in [1.29, 1.82) is 0 Å². The second kappa shape index (κ2) is 5.41. The van der Waals surface area contributed by atoms with Gasteiger partial charge in [0.2, 0.25) is 0 Å². The predicted molar refractivity (Wildman–Crippen MR) is 81.3 cm³/mol. The van der Waals surface area contributed by atoms with E-state index in [9.17, 15) is 5.11 Å². The van der Waals surface area contributed by atoms with Crippen LogP contribution in [-0.2, 0) is 5.41 Å². The molecule has 0 bridgehead atoms. The fourth-order valence-corrected chi connectivity index (χ4v) is 1.95. The lowest BCUT2D eigenvalue weighted by Crippen LogP contribution is -2.44. The van der Waals surface area contributed by atoms with E-state index in [0.29, 0.717) is 0 Å². The number of methoxy groups -OCH3 is 1. The van der Waals surface area contributed by atoms with Crippen molar-refractivity contribution in [3.63, 3.8) is 0 Å². The first kappa shape index (κ1) is 15.8. The van der Waals surface area contributed by atoms with Crippen LogP contribution in [0.25, 0.3) is 0 Å². The fourth-order valence-electron chi connectivity index (χ4n) is 1.95. The van der Waals surface area contributed by atoms with Crippen LogP contribution in [-0.4, -0.2) is 31.4 Å². The van der Waals surface area contributed by atoms with E-state index in [4.69, 9.17) is 4.74 Å². The van der Waals surface area contributed by atoms with Gasteiger partial charge in [-0.1, -0.05) is 20.8 Å². The summed E-state index contributed by atoms with van der Waals surface area (Å²) in [7, 11) is 3.70. The summed E-state index contributed by atoms with van der Waals surface area (Å²) in [6.45, 7) is 10.7. The normalized spacial score (nSPS) is 12.4. The molecule has 3 nitrogen and oxygen atoms in total. The molecule has 0 amide bonds. The fraction of sp³-hybridized carbons (Fsp3) is 0.625. The molecule has 0 radical (unpaired) electrons. The lowest BCUT2D eigenvalue weighted by molar-refractivity contribution is 0.216. The van der Waals surface area contributed by atoms with Gasteiger partial charge in [0.05, 0.1) is 19.3 Å². The Morgan fingerprint density at radius 1 is 1.16 bits per heavy atom. The van der Waals surface area contributed by atoms with Gasteiger partial charge in [-0.15, -0.1) is 0 Å². The van der Waals surface area contributed by atoms with E-state index in [1.54, 1.807) is 7.11 Å². The number of likely N-dealkylation sites (N-methyl/N-ethyl adjacent to an activating group) is 1. The Kier molecular flexibility index (Phi) is 4.51. The number of aliphatic hydroxyl groups excluding tert-OH is 1. The number of hydrogen-bond donors (Lipinski definition) is 1. The molecule has 0 aliphatic heterocycles. The van der Waals surface area contributed by atoms with E-state index in [1.807, 2.05) is 33.0 Å². The van der Waals surface area contributed by atoms with Gasteiger partial charge in [-0.05, 0) is 37.5 Å². The SMILES string of the molecule is COc1ccc(N(C)C(C)(C)CO)cc1C(C)(C)C. The highest BCUT2D eigenvalue weighted by molar-refractivity contribution is 5.56. The molecule has 1 aromatic rings. The van der Waals surface area contributed by atoms with Crippen molar-refractivity contribution in [3.8, 4) is 5.75 Å². The molecular formula is C16H27NO2. The summed E-state index contributed by atoms with van der Waals surface area (Å²) >= 11 is 0. The number of rotatable bonds is 4. The van der Waals surface area contributed by atoms with Crippen molar-refractivity contribution < 1.29 is 9.84 Å². The Bertz CT molecular complexity index is 433. The van der Waals surface area contributed by atoms with Crippen LogP contribution in [0.1, 0.15) is 40.2 Å². The van der Waals surface area contributed by atoms with Crippen LogP contribution in [0, 0.1) is 0 Å². The number of anilines is 1. The number of benzene rings is 1. The molecule has 0 aromatic heterocycles. The third kappa shape index (κ3) is 3.41. The van der Waals surface area contributed by atoms with Crippen LogP contribution >= 0.6 is 0 Å². The standard InChI is InChI=1S/C16H27NO2/c1-15(2,3)13-10-12(8-9-14(13)19-7)17(6)16(4,5)11-18/h8-10,18H,11H2,1-7H3. The zero-order valence-electron chi connectivity index (χ0n) is 13.2. The van der Waals surface area contributed by atoms with Gasteiger partial charge in [0, 0.05) is 18.3 Å². The Balaban J connectivity index is 3.26. The van der Waals surface area contributed by atoms with Crippen LogP contribution in [0.4, 0.5) is 5.69 Å². The van der Waals surface area contributed by atoms with E-state index in [0.717, 1.165) is 11.4 Å². The van der Waals surface area contributed by atoms with E-state index < -0.39 is 0 Å². The summed E-state index contributed by atoms with van der Waals surface area (Å²) in [5.41, 5.74) is 1.99. The Morgan fingerprint density at radius 3 is 2.16 bits per heavy atom. The number of hydrogen-bond acceptors (Lipinski definition) is 3. The van der Waals surface area contributed by atoms with Gasteiger partial charge >= 0.3 is 0 Å². The van der Waals surface area contributed by atoms with Crippen molar-refractivity contribution in [2.45, 2.75) is 45.6 Å². The van der Waals surface area contributed by atoms with E-state index in [-0.39, 0.29) is 17.6 Å². The third-order valence-corrected chi connectivity index (χ3v) is 3.67. The summed E-state index contributed by atoms with van der Waals surface area (Å²) in [6, 6.07) is 6.18. The molecule has 1 rings (SSSR count). The summed E-state index contributed by atoms with van der Waals surface area (Å²) in [5.74, 6) is 0.909. The molecular weight excluding hydrogens is 238 g/mol. The highest BCUT2D eigenvalue weighted by atomic mass is 16.5. The highest BCUT2D eigenvalue weighted by Crippen LogP contribution is 2.35. The zero-order chi connectivity index (χ0) is 14.8. The Morgan fingerprint density at radius 2 is 1.74 bits per heavy atom. The summed E-state index contributed by atoms with van der Waals surface area (Å²) in [5, 5.41) is 9.49. The summed E-state index contributed by atoms with van der Waals surface area (Å²) < 4.78 is 5.45. The van der Waals surface area contributed by atoms with Crippen molar-refractivity contribution in [1.82, 2.24) is 0 Å². The molecule has 0 spiro atoms. The predicted octanol–water partition coefficient (Wildman–Crippen LogP) is 3.20. The van der Waals surface area contributed by atoms with Gasteiger partial charge in [0.15, 0.2) is 0 Å². The van der Waals surface area contributed by atoms with E-state index in [1.165, 1.54) is 5.56 Å². The minimum atomic E-state index is -0.288. The van der Waals surface area contributed by atoms with Gasteiger partial charge in [0.25, 0.3) is 0 Å². The number of ether oxygens (including phenoxy) is 1. The lowest BCUT2D eigenvalue weighted by atomic mass is 9.85. The first-order chi connectivity index (χ1) is 8.63. The molecule has 1 aromatic carbocycles. The van der Waals surface area contributed by atoms with Gasteiger partial charge in [-0.25, -0.2) is 0 Å². The van der Waals surface area contributed by atoms with E-state index in [2.05, 4.69) is 31.7 Å². The molecule has 0 atom stereocenters. The first-order valence-electron chi connectivity index (χ1n) is 6.66. The molecule has 0 unspecified atom stereocenters. The second-order valence-corrected chi connectivity index (χ2v) is 6.66. The maximum Gasteiger partial charge on any atom is 0.122 e. The van der Waals surface area contributed by atoms with Crippen LogP contribution in [0.3, 0.4) is 0 Å². The Hall–Kier alpha value is -1.22. The molecule has 0 aliphatic carbocycles. The quantitative estimate of drug-likeness (QED) is 0.907. The van der Waals surface area contributed by atoms with Crippen molar-refractivity contribution in [2.24, 2.45) is 0 Å². The molecule has 3 heteroatoms. The van der Waals surface area contributed by atoms with Gasteiger partial charge < -0.3 is 14.7 Å². The number of nitrogens with zero attached hydrogens (tertiary/aromatic N) is 1. The van der Waals surface area contributed by atoms with Crippen LogP contribution in [0.5, 0.6) is 5.75 Å². The van der Waals surface area contributed by atoms with Crippen LogP contribution < -0.4 is 9.64 Å². The first-order valence-corrected chi connectivity index (χ1v) is 6.66. The number of aliphatic hydroxyl groups is 1. The molecule has 19 heavy (non-hydrogen) atoms. The minimum Gasteiger partial charge on any atom is -0.496 e. The molecule has 1 N–H and O–H groups in total. The third-order valence-electron chi connectivity index (χ3n) is 3.67.